The van der Waals surface area contributed by atoms with E-state index in [4.69, 9.17) is 18.5 Å². The maximum absolute atomic E-state index is 14.2. The molecule has 1 fully saturated rings. The van der Waals surface area contributed by atoms with Crippen LogP contribution in [0.4, 0.5) is 0 Å². The lowest BCUT2D eigenvalue weighted by Crippen LogP contribution is -2.46. The first-order chi connectivity index (χ1) is 19.8. The minimum atomic E-state index is -4.31. The number of benzene rings is 2. The van der Waals surface area contributed by atoms with Crippen molar-refractivity contribution in [2.45, 2.75) is 65.2 Å². The predicted molar refractivity (Wildman–Crippen MR) is 154 cm³/mol. The first-order valence-corrected chi connectivity index (χ1v) is 15.2. The van der Waals surface area contributed by atoms with Gasteiger partial charge in [0.1, 0.15) is 24.0 Å². The number of ether oxygens (including phenoxy) is 2. The van der Waals surface area contributed by atoms with Crippen LogP contribution in [0.3, 0.4) is 0 Å². The fraction of sp³-hybridized carbons (Fsp3) is 0.433. The number of ketones is 1. The fourth-order valence-corrected chi connectivity index (χ4v) is 5.86. The maximum Gasteiger partial charge on any atom is 0.459 e. The molecule has 3 N–H and O–H groups in total. The molecule has 2 unspecified atom stereocenters. The summed E-state index contributed by atoms with van der Waals surface area (Å²) in [4.78, 5) is 24.5. The molecule has 42 heavy (non-hydrogen) atoms. The van der Waals surface area contributed by atoms with Crippen LogP contribution in [-0.2, 0) is 23.4 Å². The van der Waals surface area contributed by atoms with E-state index in [0.717, 1.165) is 5.39 Å². The van der Waals surface area contributed by atoms with Crippen LogP contribution < -0.4 is 14.2 Å². The van der Waals surface area contributed by atoms with Gasteiger partial charge >= 0.3 is 13.7 Å². The summed E-state index contributed by atoms with van der Waals surface area (Å²) in [6, 6.07) is 14.7. The van der Waals surface area contributed by atoms with Crippen molar-refractivity contribution in [2.75, 3.05) is 13.2 Å². The Morgan fingerprint density at radius 1 is 1.07 bits per heavy atom. The number of pyridine rings is 1. The molecule has 0 spiro atoms. The topological polar surface area (TPSA) is 144 Å². The quantitative estimate of drug-likeness (QED) is 0.129. The Balaban J connectivity index is 1.54. The van der Waals surface area contributed by atoms with Gasteiger partial charge in [0.15, 0.2) is 24.3 Å². The van der Waals surface area contributed by atoms with Crippen LogP contribution in [0.25, 0.3) is 10.8 Å². The summed E-state index contributed by atoms with van der Waals surface area (Å²) >= 11 is 0. The third kappa shape index (κ3) is 7.80. The fourth-order valence-electron chi connectivity index (χ4n) is 4.34. The van der Waals surface area contributed by atoms with Gasteiger partial charge in [0.2, 0.25) is 0 Å². The van der Waals surface area contributed by atoms with Gasteiger partial charge < -0.3 is 24.2 Å². The third-order valence-corrected chi connectivity index (χ3v) is 8.22. The lowest BCUT2D eigenvalue weighted by Gasteiger charge is -2.25. The number of aromatic nitrogens is 1. The summed E-state index contributed by atoms with van der Waals surface area (Å²) in [7, 11) is -4.31. The zero-order chi connectivity index (χ0) is 30.7. The van der Waals surface area contributed by atoms with E-state index in [2.05, 4.69) is 5.09 Å². The van der Waals surface area contributed by atoms with Crippen molar-refractivity contribution >= 4 is 30.3 Å². The molecule has 0 aliphatic carbocycles. The number of hydrogen-bond donors (Lipinski definition) is 3. The van der Waals surface area contributed by atoms with E-state index in [0.29, 0.717) is 10.9 Å². The Labute approximate surface area is 245 Å². The van der Waals surface area contributed by atoms with E-state index < -0.39 is 50.9 Å². The second-order valence-corrected chi connectivity index (χ2v) is 13.2. The van der Waals surface area contributed by atoms with Gasteiger partial charge in [-0.3, -0.25) is 14.1 Å². The molecule has 2 aromatic carbocycles. The molecule has 1 aliphatic rings. The van der Waals surface area contributed by atoms with Gasteiger partial charge in [-0.15, -0.1) is 0 Å². The monoisotopic (exact) mass is 601 g/mol. The normalized spacial score (nSPS) is 22.8. The number of esters is 1. The van der Waals surface area contributed by atoms with Crippen LogP contribution in [-0.4, -0.2) is 59.5 Å². The van der Waals surface area contributed by atoms with Crippen molar-refractivity contribution < 1.29 is 47.5 Å². The smallest absolute Gasteiger partial charge is 0.459 e. The number of rotatable bonds is 11. The molecular weight excluding hydrogens is 563 g/mol. The highest BCUT2D eigenvalue weighted by molar-refractivity contribution is 7.52. The van der Waals surface area contributed by atoms with E-state index in [-0.39, 0.29) is 23.6 Å². The number of nitrogens with zero attached hydrogens (tertiary/aromatic N) is 1. The zero-order valence-electron chi connectivity index (χ0n) is 24.3. The van der Waals surface area contributed by atoms with Crippen LogP contribution in [0.15, 0.2) is 67.0 Å². The first kappa shape index (κ1) is 31.7. The summed E-state index contributed by atoms with van der Waals surface area (Å²) < 4.78 is 38.6. The molecule has 0 bridgehead atoms. The average Bonchev–Trinajstić information content (AvgIpc) is 3.23. The van der Waals surface area contributed by atoms with Gasteiger partial charge in [0, 0.05) is 11.5 Å². The number of aliphatic hydroxyl groups is 2. The van der Waals surface area contributed by atoms with Gasteiger partial charge in [0.05, 0.1) is 18.8 Å². The number of fused-ring (bicyclic) bond motifs is 1. The van der Waals surface area contributed by atoms with E-state index in [9.17, 15) is 24.4 Å². The Kier molecular flexibility index (Phi) is 9.82. The van der Waals surface area contributed by atoms with Crippen molar-refractivity contribution in [3.05, 3.63) is 72.6 Å². The molecule has 3 aromatic rings. The van der Waals surface area contributed by atoms with Gasteiger partial charge in [0.25, 0.3) is 6.23 Å². The highest BCUT2D eigenvalue weighted by Crippen LogP contribution is 2.47. The molecule has 0 saturated carbocycles. The molecule has 2 heterocycles. The Bertz CT molecular complexity index is 1470. The predicted octanol–water partition coefficient (Wildman–Crippen LogP) is 3.72. The minimum Gasteiger partial charge on any atom is -0.464 e. The van der Waals surface area contributed by atoms with Crippen molar-refractivity contribution in [1.29, 1.82) is 0 Å². The van der Waals surface area contributed by atoms with Crippen LogP contribution in [0.5, 0.6) is 5.75 Å². The molecule has 12 heteroatoms. The van der Waals surface area contributed by atoms with Crippen molar-refractivity contribution in [3.63, 3.8) is 0 Å². The second-order valence-electron chi connectivity index (χ2n) is 11.5. The molecule has 1 saturated heterocycles. The van der Waals surface area contributed by atoms with Crippen molar-refractivity contribution in [1.82, 2.24) is 5.09 Å². The van der Waals surface area contributed by atoms with Crippen molar-refractivity contribution in [2.24, 2.45) is 5.41 Å². The number of nitrogens with one attached hydrogen (secondary N) is 1. The summed E-state index contributed by atoms with van der Waals surface area (Å²) in [5.41, 5.74) is 0.122. The van der Waals surface area contributed by atoms with Crippen LogP contribution in [0, 0.1) is 5.41 Å². The molecule has 4 rings (SSSR count). The Morgan fingerprint density at radius 2 is 1.79 bits per heavy atom. The SMILES string of the molecule is CC(=O)c1ccc[n+]([C@@H]2O[C@H](COP(=O)(N[C@@H](C)C(=O)OCC(C)(C)C)Oc3cccc4ccccc34)C(O)[C@@H]2O)c1. The standard InChI is InChI=1S/C30H38N2O9P/c1-19(29(36)38-18-30(3,4)5)31-42(37,41-24-14-8-11-21-10-6-7-13-23(21)24)39-17-25-26(34)27(35)28(40-25)32-15-9-12-22(16-32)20(2)33/h6-16,19,25-28,34-35H,17-18H2,1-5H3,(H,31,37)/q+1/t19-,25+,26?,27-,28+,42?/m0/s1. The van der Waals surface area contributed by atoms with Gasteiger partial charge in [-0.1, -0.05) is 57.2 Å². The molecule has 0 radical (unpaired) electrons. The molecule has 11 nitrogen and oxygen atoms in total. The van der Waals surface area contributed by atoms with Crippen LogP contribution in [0.2, 0.25) is 0 Å². The minimum absolute atomic E-state index is 0.150. The maximum atomic E-state index is 14.2. The summed E-state index contributed by atoms with van der Waals surface area (Å²) in [5, 5.41) is 25.6. The number of carbonyl (C=O) groups excluding carboxylic acids is 2. The van der Waals surface area contributed by atoms with Crippen LogP contribution in [0.1, 0.15) is 51.2 Å². The van der Waals surface area contributed by atoms with E-state index in [1.54, 1.807) is 36.5 Å². The molecule has 1 aromatic heterocycles. The van der Waals surface area contributed by atoms with Gasteiger partial charge in [-0.05, 0) is 36.8 Å². The summed E-state index contributed by atoms with van der Waals surface area (Å²) in [6.45, 7) is 8.33. The van der Waals surface area contributed by atoms with Crippen LogP contribution >= 0.6 is 7.75 Å². The van der Waals surface area contributed by atoms with Gasteiger partial charge in [-0.25, -0.2) is 4.57 Å². The molecule has 226 valence electrons. The lowest BCUT2D eigenvalue weighted by molar-refractivity contribution is -0.765. The van der Waals surface area contributed by atoms with E-state index >= 15 is 0 Å². The highest BCUT2D eigenvalue weighted by atomic mass is 31.2. The molecular formula is C30H38N2O9P+. The third-order valence-electron chi connectivity index (χ3n) is 6.59. The number of hydrogen-bond acceptors (Lipinski definition) is 9. The summed E-state index contributed by atoms with van der Waals surface area (Å²) in [5.74, 6) is -0.573. The van der Waals surface area contributed by atoms with Gasteiger partial charge in [-0.2, -0.15) is 9.65 Å². The second kappa shape index (κ2) is 13.0. The molecule has 0 amide bonds. The number of aliphatic hydroxyl groups excluding tert-OH is 2. The molecule has 1 aliphatic heterocycles. The Morgan fingerprint density at radius 3 is 2.50 bits per heavy atom. The largest absolute Gasteiger partial charge is 0.464 e. The highest BCUT2D eigenvalue weighted by Gasteiger charge is 2.49. The van der Waals surface area contributed by atoms with E-state index in [1.165, 1.54) is 24.6 Å². The first-order valence-electron chi connectivity index (χ1n) is 13.7. The Hall–Kier alpha value is -3.18. The number of carbonyl (C=O) groups is 2. The zero-order valence-corrected chi connectivity index (χ0v) is 25.2. The lowest BCUT2D eigenvalue weighted by atomic mass is 9.99. The summed E-state index contributed by atoms with van der Waals surface area (Å²) in [6.07, 6.45) is -1.84. The number of Topliss-reactive ketones (excluding diaryl/α,β-unsaturated/α-hetero) is 1. The average molecular weight is 602 g/mol. The molecule has 6 atom stereocenters. The van der Waals surface area contributed by atoms with E-state index in [1.807, 2.05) is 45.0 Å². The van der Waals surface area contributed by atoms with Crippen molar-refractivity contribution in [3.8, 4) is 5.75 Å².